The van der Waals surface area contributed by atoms with Gasteiger partial charge in [-0.15, -0.1) is 11.3 Å². The lowest BCUT2D eigenvalue weighted by atomic mass is 9.83. The number of esters is 1. The third-order valence-electron chi connectivity index (χ3n) is 6.87. The van der Waals surface area contributed by atoms with Crippen molar-refractivity contribution in [2.75, 3.05) is 12.4 Å². The molecule has 2 aliphatic rings. The van der Waals surface area contributed by atoms with Crippen molar-refractivity contribution in [1.82, 2.24) is 4.98 Å². The Morgan fingerprint density at radius 3 is 2.73 bits per heavy atom. The number of hydrogen-bond donors (Lipinski definition) is 1. The number of carbonyl (C=O) groups is 1. The number of halogens is 1. The molecule has 0 saturated heterocycles. The van der Waals surface area contributed by atoms with E-state index in [1.165, 1.54) is 11.8 Å². The van der Waals surface area contributed by atoms with Gasteiger partial charge in [0, 0.05) is 21.2 Å². The van der Waals surface area contributed by atoms with E-state index in [4.69, 9.17) is 31.8 Å². The molecule has 7 nitrogen and oxygen atoms in total. The standard InChI is InChI=1S/C30H25ClN4O3S2/c1-2-37-30(36)27-23(38-28(34)19(14-32)26(27)17-8-3-5-10-21(17)31)16-40-29-20(15-33)25(24-12-7-13-39-24)18-9-4-6-11-22(18)35-29/h3,5,7-8,10,12-13,26H,2,4,6,9,11,16,34H2,1H3. The Kier molecular flexibility index (Phi) is 8.46. The number of pyridine rings is 1. The number of aromatic nitrogens is 1. The Hall–Kier alpha value is -3.76. The summed E-state index contributed by atoms with van der Waals surface area (Å²) in [6.07, 6.45) is 3.83. The molecule has 2 N–H and O–H groups in total. The fraction of sp³-hybridized carbons (Fsp3) is 0.267. The molecule has 0 radical (unpaired) electrons. The zero-order valence-corrected chi connectivity index (χ0v) is 24.1. The van der Waals surface area contributed by atoms with Gasteiger partial charge in [-0.25, -0.2) is 9.78 Å². The number of hydrogen-bond acceptors (Lipinski definition) is 9. The number of benzene rings is 1. The summed E-state index contributed by atoms with van der Waals surface area (Å²) in [7, 11) is 0. The van der Waals surface area contributed by atoms with Gasteiger partial charge in [0.15, 0.2) is 0 Å². The van der Waals surface area contributed by atoms with E-state index in [2.05, 4.69) is 12.1 Å². The van der Waals surface area contributed by atoms with Crippen LogP contribution >= 0.6 is 34.7 Å². The number of carbonyl (C=O) groups excluding carboxylic acids is 1. The Morgan fingerprint density at radius 1 is 1.23 bits per heavy atom. The monoisotopic (exact) mass is 588 g/mol. The zero-order chi connectivity index (χ0) is 28.2. The summed E-state index contributed by atoms with van der Waals surface area (Å²) in [6, 6.07) is 15.5. The second kappa shape index (κ2) is 12.2. The molecule has 0 saturated carbocycles. The first-order valence-corrected chi connectivity index (χ1v) is 15.1. The van der Waals surface area contributed by atoms with E-state index >= 15 is 0 Å². The number of thiophene rings is 1. The number of thioether (sulfide) groups is 1. The lowest BCUT2D eigenvalue weighted by Gasteiger charge is -2.28. The molecule has 10 heteroatoms. The van der Waals surface area contributed by atoms with Gasteiger partial charge in [-0.05, 0) is 61.2 Å². The van der Waals surface area contributed by atoms with Gasteiger partial charge in [0.2, 0.25) is 5.88 Å². The molecule has 5 rings (SSSR count). The van der Waals surface area contributed by atoms with E-state index in [0.717, 1.165) is 47.4 Å². The summed E-state index contributed by atoms with van der Waals surface area (Å²) in [4.78, 5) is 19.3. The maximum absolute atomic E-state index is 13.4. The van der Waals surface area contributed by atoms with Gasteiger partial charge < -0.3 is 15.2 Å². The smallest absolute Gasteiger partial charge is 0.338 e. The molecule has 3 heterocycles. The number of nitriles is 2. The van der Waals surface area contributed by atoms with Crippen molar-refractivity contribution in [2.45, 2.75) is 43.6 Å². The number of nitrogens with two attached hydrogens (primary N) is 1. The number of rotatable bonds is 7. The summed E-state index contributed by atoms with van der Waals surface area (Å²) in [5, 5.41) is 23.2. The van der Waals surface area contributed by atoms with Crippen LogP contribution in [0.3, 0.4) is 0 Å². The molecule has 202 valence electrons. The fourth-order valence-electron chi connectivity index (χ4n) is 5.13. The summed E-state index contributed by atoms with van der Waals surface area (Å²) >= 11 is 9.43. The number of nitrogens with zero attached hydrogens (tertiary/aromatic N) is 3. The highest BCUT2D eigenvalue weighted by Crippen LogP contribution is 2.44. The molecule has 2 aromatic heterocycles. The summed E-state index contributed by atoms with van der Waals surface area (Å²) in [5.74, 6) is -1.21. The molecule has 1 aliphatic carbocycles. The highest BCUT2D eigenvalue weighted by molar-refractivity contribution is 7.99. The van der Waals surface area contributed by atoms with Crippen LogP contribution in [0.25, 0.3) is 10.4 Å². The second-order valence-corrected chi connectivity index (χ2v) is 11.5. The van der Waals surface area contributed by atoms with E-state index in [1.54, 1.807) is 42.5 Å². The molecule has 40 heavy (non-hydrogen) atoms. The minimum absolute atomic E-state index is 0.0782. The van der Waals surface area contributed by atoms with Crippen LogP contribution in [0.1, 0.15) is 48.1 Å². The predicted octanol–water partition coefficient (Wildman–Crippen LogP) is 6.63. The second-order valence-electron chi connectivity index (χ2n) is 9.18. The zero-order valence-electron chi connectivity index (χ0n) is 21.7. The Balaban J connectivity index is 1.62. The van der Waals surface area contributed by atoms with Crippen LogP contribution in [0.2, 0.25) is 5.02 Å². The van der Waals surface area contributed by atoms with Crippen LogP contribution in [-0.4, -0.2) is 23.3 Å². The largest absolute Gasteiger partial charge is 0.463 e. The number of aryl methyl sites for hydroxylation is 1. The van der Waals surface area contributed by atoms with Crippen molar-refractivity contribution in [1.29, 1.82) is 10.5 Å². The molecule has 1 aliphatic heterocycles. The molecule has 0 fully saturated rings. The summed E-state index contributed by atoms with van der Waals surface area (Å²) in [6.45, 7) is 1.84. The van der Waals surface area contributed by atoms with E-state index < -0.39 is 11.9 Å². The van der Waals surface area contributed by atoms with Crippen molar-refractivity contribution >= 4 is 40.7 Å². The summed E-state index contributed by atoms with van der Waals surface area (Å²) < 4.78 is 11.3. The molecular weight excluding hydrogens is 564 g/mol. The number of allylic oxidation sites excluding steroid dienone is 1. The van der Waals surface area contributed by atoms with Gasteiger partial charge in [-0.3, -0.25) is 0 Å². The number of fused-ring (bicyclic) bond motifs is 1. The van der Waals surface area contributed by atoms with Crippen LogP contribution in [0.5, 0.6) is 0 Å². The first-order chi connectivity index (χ1) is 19.5. The van der Waals surface area contributed by atoms with Gasteiger partial charge in [-0.1, -0.05) is 47.6 Å². The lowest BCUT2D eigenvalue weighted by Crippen LogP contribution is -2.27. The average molecular weight is 589 g/mol. The topological polar surface area (TPSA) is 122 Å². The predicted molar refractivity (Wildman–Crippen MR) is 155 cm³/mol. The van der Waals surface area contributed by atoms with Crippen LogP contribution < -0.4 is 5.73 Å². The average Bonchev–Trinajstić information content (AvgIpc) is 3.50. The Bertz CT molecular complexity index is 1620. The van der Waals surface area contributed by atoms with Gasteiger partial charge in [0.25, 0.3) is 0 Å². The van der Waals surface area contributed by atoms with Crippen molar-refractivity contribution in [2.24, 2.45) is 5.73 Å². The maximum atomic E-state index is 13.4. The lowest BCUT2D eigenvalue weighted by molar-refractivity contribution is -0.139. The van der Waals surface area contributed by atoms with E-state index in [1.807, 2.05) is 17.5 Å². The van der Waals surface area contributed by atoms with Gasteiger partial charge in [0.1, 0.15) is 28.5 Å². The Labute approximate surface area is 245 Å². The molecule has 1 unspecified atom stereocenters. The van der Waals surface area contributed by atoms with Gasteiger partial charge in [-0.2, -0.15) is 10.5 Å². The van der Waals surface area contributed by atoms with Crippen molar-refractivity contribution < 1.29 is 14.3 Å². The highest BCUT2D eigenvalue weighted by Gasteiger charge is 2.38. The number of ether oxygens (including phenoxy) is 2. The molecule has 0 amide bonds. The first-order valence-electron chi connectivity index (χ1n) is 12.8. The molecule has 0 spiro atoms. The summed E-state index contributed by atoms with van der Waals surface area (Å²) in [5.41, 5.74) is 10.6. The van der Waals surface area contributed by atoms with E-state index in [0.29, 0.717) is 21.2 Å². The van der Waals surface area contributed by atoms with Crippen molar-refractivity contribution in [3.05, 3.63) is 92.0 Å². The highest BCUT2D eigenvalue weighted by atomic mass is 35.5. The molecule has 3 aromatic rings. The van der Waals surface area contributed by atoms with E-state index in [-0.39, 0.29) is 35.1 Å². The van der Waals surface area contributed by atoms with Gasteiger partial charge >= 0.3 is 5.97 Å². The Morgan fingerprint density at radius 2 is 2.02 bits per heavy atom. The SMILES string of the molecule is CCOC(=O)C1=C(CSc2nc3c(c(-c4cccs4)c2C#N)CCCC3)OC(N)=C(C#N)C1c1ccccc1Cl. The first kappa shape index (κ1) is 27.8. The minimum Gasteiger partial charge on any atom is -0.463 e. The molecule has 1 atom stereocenters. The van der Waals surface area contributed by atoms with Crippen LogP contribution in [-0.2, 0) is 27.1 Å². The molecular formula is C30H25ClN4O3S2. The van der Waals surface area contributed by atoms with Crippen molar-refractivity contribution in [3.8, 4) is 22.6 Å². The third kappa shape index (κ3) is 5.21. The van der Waals surface area contributed by atoms with Gasteiger partial charge in [0.05, 0.1) is 29.4 Å². The van der Waals surface area contributed by atoms with Crippen LogP contribution in [0, 0.1) is 22.7 Å². The third-order valence-corrected chi connectivity index (χ3v) is 9.08. The normalized spacial score (nSPS) is 16.6. The quantitative estimate of drug-likeness (QED) is 0.241. The fourth-order valence-corrected chi connectivity index (χ4v) is 7.13. The maximum Gasteiger partial charge on any atom is 0.338 e. The minimum atomic E-state index is -0.865. The van der Waals surface area contributed by atoms with Crippen LogP contribution in [0.4, 0.5) is 0 Å². The van der Waals surface area contributed by atoms with E-state index in [9.17, 15) is 15.3 Å². The van der Waals surface area contributed by atoms with Crippen molar-refractivity contribution in [3.63, 3.8) is 0 Å². The molecule has 0 bridgehead atoms. The van der Waals surface area contributed by atoms with Crippen LogP contribution in [0.15, 0.2) is 69.6 Å². The molecule has 1 aromatic carbocycles.